The van der Waals surface area contributed by atoms with Crippen molar-refractivity contribution in [1.82, 2.24) is 0 Å². The minimum Gasteiger partial charge on any atom is -0.397 e. The predicted molar refractivity (Wildman–Crippen MR) is 82.7 cm³/mol. The van der Waals surface area contributed by atoms with Gasteiger partial charge in [-0.3, -0.25) is 0 Å². The molecule has 0 spiro atoms. The maximum Gasteiger partial charge on any atom is 0.238 e. The van der Waals surface area contributed by atoms with Crippen LogP contribution in [0, 0.1) is 0 Å². The molecule has 0 heterocycles. The van der Waals surface area contributed by atoms with Gasteiger partial charge in [-0.15, -0.1) is 0 Å². The Hall–Kier alpha value is -2.09. The second kappa shape index (κ2) is 6.13. The fraction of sp³-hybridized carbons (Fsp3) is 0.143. The molecule has 2 rings (SSSR count). The van der Waals surface area contributed by atoms with Crippen LogP contribution in [0.15, 0.2) is 47.4 Å². The van der Waals surface area contributed by atoms with E-state index in [1.165, 1.54) is 12.1 Å². The molecule has 0 atom stereocenters. The van der Waals surface area contributed by atoms with Crippen molar-refractivity contribution in [3.8, 4) is 0 Å². The zero-order valence-electron chi connectivity index (χ0n) is 11.5. The van der Waals surface area contributed by atoms with Crippen LogP contribution in [0.25, 0.3) is 0 Å². The molecule has 21 heavy (non-hydrogen) atoms. The zero-order chi connectivity index (χ0) is 15.5. The van der Waals surface area contributed by atoms with Crippen molar-refractivity contribution < 1.29 is 13.2 Å². The second-order valence-corrected chi connectivity index (χ2v) is 6.11. The summed E-state index contributed by atoms with van der Waals surface area (Å²) in [5.74, 6) is 0. The number of nitrogens with two attached hydrogens (primary N) is 2. The Balaban J connectivity index is 2.26. The van der Waals surface area contributed by atoms with Crippen LogP contribution in [0.2, 0.25) is 0 Å². The van der Waals surface area contributed by atoms with Gasteiger partial charge in [0.2, 0.25) is 10.0 Å². The quantitative estimate of drug-likeness (QED) is 0.730. The lowest BCUT2D eigenvalue weighted by Gasteiger charge is -2.11. The highest BCUT2D eigenvalue weighted by Crippen LogP contribution is 2.26. The van der Waals surface area contributed by atoms with E-state index < -0.39 is 10.0 Å². The van der Waals surface area contributed by atoms with Crippen LogP contribution >= 0.6 is 0 Å². The molecule has 0 amide bonds. The lowest BCUT2D eigenvalue weighted by molar-refractivity contribution is 0.185. The first-order chi connectivity index (χ1) is 9.90. The largest absolute Gasteiger partial charge is 0.397 e. The molecular formula is C14H17N3O3S. The van der Waals surface area contributed by atoms with Crippen molar-refractivity contribution >= 4 is 27.1 Å². The van der Waals surface area contributed by atoms with E-state index in [1.54, 1.807) is 13.2 Å². The summed E-state index contributed by atoms with van der Waals surface area (Å²) in [6.45, 7) is 0.509. The molecule has 0 saturated carbocycles. The van der Waals surface area contributed by atoms with Crippen molar-refractivity contribution in [2.45, 2.75) is 11.5 Å². The van der Waals surface area contributed by atoms with Crippen LogP contribution in [0.5, 0.6) is 0 Å². The summed E-state index contributed by atoms with van der Waals surface area (Å²) in [7, 11) is -2.12. The molecule has 0 unspecified atom stereocenters. The fourth-order valence-electron chi connectivity index (χ4n) is 1.89. The first-order valence-corrected chi connectivity index (χ1v) is 7.72. The van der Waals surface area contributed by atoms with Gasteiger partial charge in [-0.2, -0.15) is 0 Å². The van der Waals surface area contributed by atoms with E-state index in [4.69, 9.17) is 15.6 Å². The summed E-state index contributed by atoms with van der Waals surface area (Å²) in [5, 5.41) is 8.20. The smallest absolute Gasteiger partial charge is 0.238 e. The van der Waals surface area contributed by atoms with Gasteiger partial charge in [-0.25, -0.2) is 13.6 Å². The third kappa shape index (κ3) is 3.94. The number of benzene rings is 2. The van der Waals surface area contributed by atoms with Gasteiger partial charge in [0.25, 0.3) is 0 Å². The van der Waals surface area contributed by atoms with E-state index in [9.17, 15) is 8.42 Å². The van der Waals surface area contributed by atoms with Crippen LogP contribution in [0.1, 0.15) is 5.56 Å². The molecule has 0 aliphatic rings. The average molecular weight is 307 g/mol. The first kappa shape index (κ1) is 15.3. The molecule has 0 aliphatic carbocycles. The number of primary sulfonamides is 1. The Morgan fingerprint density at radius 3 is 2.57 bits per heavy atom. The van der Waals surface area contributed by atoms with E-state index >= 15 is 0 Å². The monoisotopic (exact) mass is 307 g/mol. The van der Waals surface area contributed by atoms with Crippen molar-refractivity contribution in [3.05, 3.63) is 48.0 Å². The van der Waals surface area contributed by atoms with Crippen molar-refractivity contribution in [2.24, 2.45) is 5.14 Å². The molecule has 0 fully saturated rings. The van der Waals surface area contributed by atoms with E-state index in [1.807, 2.05) is 24.3 Å². The second-order valence-electron chi connectivity index (χ2n) is 4.55. The van der Waals surface area contributed by atoms with E-state index in [0.717, 1.165) is 11.3 Å². The number of sulfonamides is 1. The molecule has 0 bridgehead atoms. The maximum absolute atomic E-state index is 11.3. The van der Waals surface area contributed by atoms with Crippen LogP contribution in [-0.2, 0) is 21.4 Å². The van der Waals surface area contributed by atoms with Gasteiger partial charge in [0, 0.05) is 12.8 Å². The Morgan fingerprint density at radius 2 is 1.95 bits per heavy atom. The summed E-state index contributed by atoms with van der Waals surface area (Å²) in [6.07, 6.45) is 0. The number of nitrogens with one attached hydrogen (secondary N) is 1. The zero-order valence-corrected chi connectivity index (χ0v) is 12.4. The number of nitrogen functional groups attached to an aromatic ring is 1. The highest BCUT2D eigenvalue weighted by Gasteiger charge is 2.10. The number of hydrogen-bond acceptors (Lipinski definition) is 5. The van der Waals surface area contributed by atoms with Crippen LogP contribution < -0.4 is 16.2 Å². The van der Waals surface area contributed by atoms with Crippen LogP contribution in [-0.4, -0.2) is 15.5 Å². The highest BCUT2D eigenvalue weighted by molar-refractivity contribution is 7.89. The average Bonchev–Trinajstić information content (AvgIpc) is 2.41. The Bertz CT molecular complexity index is 745. The van der Waals surface area contributed by atoms with Gasteiger partial charge >= 0.3 is 0 Å². The molecule has 0 saturated heterocycles. The molecule has 2 aromatic carbocycles. The standard InChI is InChI=1S/C14H17N3O3S/c1-20-9-10-3-2-4-11(7-10)17-14-6-5-12(8-13(14)15)21(16,18)19/h2-8,17H,9,15H2,1H3,(H2,16,18,19). The van der Waals surface area contributed by atoms with Gasteiger partial charge in [-0.05, 0) is 35.9 Å². The number of ether oxygens (including phenoxy) is 1. The Labute approximate surface area is 123 Å². The summed E-state index contributed by atoms with van der Waals surface area (Å²) in [4.78, 5) is -0.0151. The van der Waals surface area contributed by atoms with Gasteiger partial charge in [0.15, 0.2) is 0 Å². The summed E-state index contributed by atoms with van der Waals surface area (Å²) in [5.41, 5.74) is 8.62. The minimum absolute atomic E-state index is 0.0151. The van der Waals surface area contributed by atoms with E-state index in [2.05, 4.69) is 5.32 Å². The molecule has 0 radical (unpaired) electrons. The van der Waals surface area contributed by atoms with E-state index in [-0.39, 0.29) is 4.90 Å². The molecule has 5 N–H and O–H groups in total. The molecule has 112 valence electrons. The minimum atomic E-state index is -3.75. The van der Waals surface area contributed by atoms with E-state index in [0.29, 0.717) is 18.0 Å². The fourth-order valence-corrected chi connectivity index (χ4v) is 2.44. The summed E-state index contributed by atoms with van der Waals surface area (Å²) in [6, 6.07) is 12.0. The molecule has 0 aromatic heterocycles. The normalized spacial score (nSPS) is 11.3. The van der Waals surface area contributed by atoms with Gasteiger partial charge in [0.1, 0.15) is 0 Å². The van der Waals surface area contributed by atoms with Gasteiger partial charge < -0.3 is 15.8 Å². The Morgan fingerprint density at radius 1 is 1.19 bits per heavy atom. The highest BCUT2D eigenvalue weighted by atomic mass is 32.2. The summed E-state index contributed by atoms with van der Waals surface area (Å²) >= 11 is 0. The van der Waals surface area contributed by atoms with Crippen LogP contribution in [0.3, 0.4) is 0 Å². The van der Waals surface area contributed by atoms with Crippen molar-refractivity contribution in [1.29, 1.82) is 0 Å². The predicted octanol–water partition coefficient (Wildman–Crippen LogP) is 1.81. The van der Waals surface area contributed by atoms with Crippen molar-refractivity contribution in [2.75, 3.05) is 18.2 Å². The number of hydrogen-bond donors (Lipinski definition) is 3. The topological polar surface area (TPSA) is 107 Å². The SMILES string of the molecule is COCc1cccc(Nc2ccc(S(N)(=O)=O)cc2N)c1. The van der Waals surface area contributed by atoms with Gasteiger partial charge in [0.05, 0.1) is 22.9 Å². The van der Waals surface area contributed by atoms with Crippen molar-refractivity contribution in [3.63, 3.8) is 0 Å². The number of anilines is 3. The number of rotatable bonds is 5. The third-order valence-corrected chi connectivity index (χ3v) is 3.78. The molecule has 2 aromatic rings. The number of methoxy groups -OCH3 is 1. The molecular weight excluding hydrogens is 290 g/mol. The Kier molecular flexibility index (Phi) is 4.46. The molecule has 0 aliphatic heterocycles. The summed E-state index contributed by atoms with van der Waals surface area (Å²) < 4.78 is 27.6. The molecule has 7 heteroatoms. The van der Waals surface area contributed by atoms with Gasteiger partial charge in [-0.1, -0.05) is 12.1 Å². The third-order valence-electron chi connectivity index (χ3n) is 2.87. The lowest BCUT2D eigenvalue weighted by atomic mass is 10.2. The maximum atomic E-state index is 11.3. The first-order valence-electron chi connectivity index (χ1n) is 6.17. The molecule has 6 nitrogen and oxygen atoms in total. The lowest BCUT2D eigenvalue weighted by Crippen LogP contribution is -2.12. The van der Waals surface area contributed by atoms with Crippen LogP contribution in [0.4, 0.5) is 17.1 Å².